The average molecular weight is 558 g/mol. The number of hydrogen-bond acceptors (Lipinski definition) is 8. The summed E-state index contributed by atoms with van der Waals surface area (Å²) in [7, 11) is -1.60. The van der Waals surface area contributed by atoms with E-state index in [1.165, 1.54) is 38.5 Å². The van der Waals surface area contributed by atoms with E-state index in [1.54, 1.807) is 55.5 Å². The Morgan fingerprint density at radius 1 is 0.816 bits per heavy atom. The lowest BCUT2D eigenvalue weighted by Gasteiger charge is -2.41. The minimum Gasteiger partial charge on any atom is -0.496 e. The molecule has 3 aromatic carbocycles. The van der Waals surface area contributed by atoms with Gasteiger partial charge < -0.3 is 14.2 Å². The van der Waals surface area contributed by atoms with Crippen LogP contribution in [0.3, 0.4) is 0 Å². The fourth-order valence-electron chi connectivity index (χ4n) is 4.83. The molecule has 0 radical (unpaired) electrons. The summed E-state index contributed by atoms with van der Waals surface area (Å²) in [5.74, 6) is -0.862. The van der Waals surface area contributed by atoms with Gasteiger partial charge in [0, 0.05) is 21.7 Å². The SMILES string of the molecule is CCOC(=O)[C@H]1[C@H](c2ccccc2OC)N[C@H](c2ccccc2OC)[C@@H](C(=O)c2ccc(Cl)cc2)S1(=O)=O. The minimum atomic E-state index is -4.52. The van der Waals surface area contributed by atoms with Crippen LogP contribution in [0.4, 0.5) is 0 Å². The molecule has 1 heterocycles. The zero-order valence-corrected chi connectivity index (χ0v) is 22.7. The molecule has 200 valence electrons. The van der Waals surface area contributed by atoms with E-state index in [-0.39, 0.29) is 12.2 Å². The number of hydrogen-bond donors (Lipinski definition) is 1. The van der Waals surface area contributed by atoms with E-state index in [2.05, 4.69) is 5.32 Å². The number of carbonyl (C=O) groups excluding carboxylic acids is 2. The summed E-state index contributed by atoms with van der Waals surface area (Å²) in [6.45, 7) is 1.56. The van der Waals surface area contributed by atoms with Gasteiger partial charge in [-0.15, -0.1) is 0 Å². The molecule has 3 aromatic rings. The minimum absolute atomic E-state index is 0.0325. The van der Waals surface area contributed by atoms with Crippen molar-refractivity contribution in [2.75, 3.05) is 20.8 Å². The number of methoxy groups -OCH3 is 2. The number of nitrogens with one attached hydrogen (secondary N) is 1. The van der Waals surface area contributed by atoms with Crippen molar-refractivity contribution in [1.82, 2.24) is 5.32 Å². The highest BCUT2D eigenvalue weighted by atomic mass is 35.5. The van der Waals surface area contributed by atoms with Crippen molar-refractivity contribution in [1.29, 1.82) is 0 Å². The maximum absolute atomic E-state index is 14.4. The van der Waals surface area contributed by atoms with Gasteiger partial charge in [-0.3, -0.25) is 14.9 Å². The van der Waals surface area contributed by atoms with Crippen LogP contribution >= 0.6 is 11.6 Å². The van der Waals surface area contributed by atoms with Crippen molar-refractivity contribution >= 4 is 33.2 Å². The third-order valence-corrected chi connectivity index (χ3v) is 9.15. The molecular weight excluding hydrogens is 530 g/mol. The van der Waals surface area contributed by atoms with Crippen LogP contribution in [0.2, 0.25) is 5.02 Å². The largest absolute Gasteiger partial charge is 0.496 e. The van der Waals surface area contributed by atoms with Crippen molar-refractivity contribution in [2.24, 2.45) is 0 Å². The van der Waals surface area contributed by atoms with Crippen molar-refractivity contribution < 1.29 is 32.2 Å². The number of ether oxygens (including phenoxy) is 3. The molecular formula is C28H28ClNO7S. The molecule has 0 aliphatic carbocycles. The summed E-state index contributed by atoms with van der Waals surface area (Å²) in [6, 6.07) is 17.5. The first-order chi connectivity index (χ1) is 18.2. The van der Waals surface area contributed by atoms with Gasteiger partial charge in [-0.1, -0.05) is 48.0 Å². The third kappa shape index (κ3) is 5.14. The topological polar surface area (TPSA) is 108 Å². The lowest BCUT2D eigenvalue weighted by molar-refractivity contribution is -0.143. The van der Waals surface area contributed by atoms with Gasteiger partial charge in [0.15, 0.2) is 20.9 Å². The van der Waals surface area contributed by atoms with Crippen LogP contribution in [0.5, 0.6) is 11.5 Å². The predicted molar refractivity (Wildman–Crippen MR) is 144 cm³/mol. The van der Waals surface area contributed by atoms with E-state index < -0.39 is 44.2 Å². The Kier molecular flexibility index (Phi) is 8.40. The molecule has 1 fully saturated rings. The van der Waals surface area contributed by atoms with Gasteiger partial charge in [0.05, 0.1) is 32.9 Å². The predicted octanol–water partition coefficient (Wildman–Crippen LogP) is 4.34. The molecule has 0 unspecified atom stereocenters. The number of para-hydroxylation sites is 2. The van der Waals surface area contributed by atoms with Gasteiger partial charge in [0.1, 0.15) is 16.7 Å². The Bertz CT molecular complexity index is 1430. The highest BCUT2D eigenvalue weighted by Crippen LogP contribution is 2.44. The molecule has 0 bridgehead atoms. The summed E-state index contributed by atoms with van der Waals surface area (Å²) >= 11 is 6.01. The van der Waals surface area contributed by atoms with Crippen LogP contribution in [0.1, 0.15) is 40.5 Å². The molecule has 0 spiro atoms. The van der Waals surface area contributed by atoms with Gasteiger partial charge in [-0.2, -0.15) is 0 Å². The highest BCUT2D eigenvalue weighted by Gasteiger charge is 2.57. The van der Waals surface area contributed by atoms with Crippen molar-refractivity contribution in [2.45, 2.75) is 29.5 Å². The van der Waals surface area contributed by atoms with Crippen LogP contribution in [0, 0.1) is 0 Å². The molecule has 1 aliphatic heterocycles. The van der Waals surface area contributed by atoms with Crippen LogP contribution in [-0.4, -0.2) is 51.5 Å². The Morgan fingerprint density at radius 3 is 1.82 bits per heavy atom. The molecule has 0 amide bonds. The van der Waals surface area contributed by atoms with Gasteiger partial charge in [0.2, 0.25) is 0 Å². The Morgan fingerprint density at radius 2 is 1.32 bits per heavy atom. The molecule has 1 saturated heterocycles. The fraction of sp³-hybridized carbons (Fsp3) is 0.286. The summed E-state index contributed by atoms with van der Waals surface area (Å²) in [6.07, 6.45) is 0. The average Bonchev–Trinajstić information content (AvgIpc) is 2.92. The molecule has 8 nitrogen and oxygen atoms in total. The standard InChI is InChI=1S/C28H28ClNO7S/c1-4-37-28(32)27-24(20-10-6-8-12-22(20)36-3)30-23(19-9-5-7-11-21(19)35-2)26(38(27,33)34)25(31)17-13-15-18(29)16-14-17/h5-16,23-24,26-27,30H,4H2,1-3H3/t23-,24+,26+,27-/m1/s1. The van der Waals surface area contributed by atoms with Crippen LogP contribution in [-0.2, 0) is 19.4 Å². The number of Topliss-reactive ketones (excluding diaryl/α,β-unsaturated/α-hetero) is 1. The number of carbonyl (C=O) groups is 2. The van der Waals surface area contributed by atoms with Crippen molar-refractivity contribution in [3.8, 4) is 11.5 Å². The van der Waals surface area contributed by atoms with Gasteiger partial charge in [-0.05, 0) is 43.3 Å². The molecule has 4 rings (SSSR count). The molecule has 10 heteroatoms. The second-order valence-electron chi connectivity index (χ2n) is 8.66. The third-order valence-electron chi connectivity index (χ3n) is 6.53. The van der Waals surface area contributed by atoms with Crippen LogP contribution in [0.25, 0.3) is 0 Å². The van der Waals surface area contributed by atoms with E-state index in [9.17, 15) is 18.0 Å². The highest BCUT2D eigenvalue weighted by molar-refractivity contribution is 7.94. The van der Waals surface area contributed by atoms with Gasteiger partial charge in [0.25, 0.3) is 0 Å². The summed E-state index contributed by atoms with van der Waals surface area (Å²) < 4.78 is 45.1. The summed E-state index contributed by atoms with van der Waals surface area (Å²) in [4.78, 5) is 27.2. The van der Waals surface area contributed by atoms with E-state index in [4.69, 9.17) is 25.8 Å². The van der Waals surface area contributed by atoms with Crippen LogP contribution < -0.4 is 14.8 Å². The maximum atomic E-state index is 14.4. The fourth-order valence-corrected chi connectivity index (χ4v) is 7.25. The normalized spacial score (nSPS) is 22.3. The van der Waals surface area contributed by atoms with E-state index in [0.29, 0.717) is 27.6 Å². The monoisotopic (exact) mass is 557 g/mol. The summed E-state index contributed by atoms with van der Waals surface area (Å²) in [5.41, 5.74) is 1.03. The second kappa shape index (κ2) is 11.6. The van der Waals surface area contributed by atoms with Crippen molar-refractivity contribution in [3.05, 3.63) is 94.5 Å². The zero-order chi connectivity index (χ0) is 27.4. The molecule has 1 N–H and O–H groups in total. The number of benzene rings is 3. The van der Waals surface area contributed by atoms with Gasteiger partial charge in [-0.25, -0.2) is 8.42 Å². The lowest BCUT2D eigenvalue weighted by atomic mass is 9.92. The summed E-state index contributed by atoms with van der Waals surface area (Å²) in [5, 5.41) is 0.319. The van der Waals surface area contributed by atoms with E-state index in [1.807, 2.05) is 0 Å². The number of rotatable bonds is 8. The number of ketones is 1. The molecule has 4 atom stereocenters. The first-order valence-electron chi connectivity index (χ1n) is 12.0. The van der Waals surface area contributed by atoms with Crippen molar-refractivity contribution in [3.63, 3.8) is 0 Å². The molecule has 38 heavy (non-hydrogen) atoms. The Hall–Kier alpha value is -3.40. The first-order valence-corrected chi connectivity index (χ1v) is 13.9. The molecule has 0 aromatic heterocycles. The Labute approximate surface area is 226 Å². The second-order valence-corrected chi connectivity index (χ2v) is 11.3. The van der Waals surface area contributed by atoms with E-state index >= 15 is 0 Å². The number of halogens is 1. The molecule has 1 aliphatic rings. The van der Waals surface area contributed by atoms with E-state index in [0.717, 1.165) is 0 Å². The van der Waals surface area contributed by atoms with Crippen LogP contribution in [0.15, 0.2) is 72.8 Å². The molecule has 0 saturated carbocycles. The smallest absolute Gasteiger partial charge is 0.326 e. The Balaban J connectivity index is 1.97. The lowest BCUT2D eigenvalue weighted by Crippen LogP contribution is -2.59. The number of sulfone groups is 1. The maximum Gasteiger partial charge on any atom is 0.326 e. The quantitative estimate of drug-likeness (QED) is 0.322. The van der Waals surface area contributed by atoms with Gasteiger partial charge >= 0.3 is 5.97 Å². The number of esters is 1. The first kappa shape index (κ1) is 27.6. The zero-order valence-electron chi connectivity index (χ0n) is 21.1.